The van der Waals surface area contributed by atoms with E-state index in [-0.39, 0.29) is 28.8 Å². The lowest BCUT2D eigenvalue weighted by Gasteiger charge is -2.36. The number of amides is 4. The average molecular weight is 416 g/mol. The van der Waals surface area contributed by atoms with Crippen LogP contribution in [-0.4, -0.2) is 64.0 Å². The molecule has 2 aliphatic heterocycles. The highest BCUT2D eigenvalue weighted by Gasteiger charge is 2.38. The highest BCUT2D eigenvalue weighted by atomic mass is 16.6. The Kier molecular flexibility index (Phi) is 5.60. The van der Waals surface area contributed by atoms with Gasteiger partial charge in [-0.05, 0) is 18.9 Å². The molecular weight excluding hydrogens is 392 g/mol. The van der Waals surface area contributed by atoms with E-state index in [1.807, 2.05) is 20.8 Å². The summed E-state index contributed by atoms with van der Waals surface area (Å²) in [5.41, 5.74) is -0.780. The molecule has 0 aromatic heterocycles. The third-order valence-corrected chi connectivity index (χ3v) is 5.26. The monoisotopic (exact) mass is 416 g/mol. The number of benzene rings is 1. The molecule has 0 bridgehead atoms. The Balaban J connectivity index is 1.57. The van der Waals surface area contributed by atoms with Gasteiger partial charge in [-0.15, -0.1) is 0 Å². The minimum atomic E-state index is -0.723. The number of carbonyl (C=O) groups excluding carboxylic acids is 4. The summed E-state index contributed by atoms with van der Waals surface area (Å²) in [6.45, 7) is 6.18. The van der Waals surface area contributed by atoms with Crippen LogP contribution < -0.4 is 5.32 Å². The van der Waals surface area contributed by atoms with Crippen molar-refractivity contribution >= 4 is 29.3 Å². The number of imide groups is 1. The zero-order valence-electron chi connectivity index (χ0n) is 17.1. The number of nitro groups is 1. The summed E-state index contributed by atoms with van der Waals surface area (Å²) in [6, 6.07) is 3.28. The standard InChI is InChI=1S/C20H24N4O6/c1-20(2,3)19(28)22-8-6-12(7-9-22)21-16(25)11-23-17(26)14-5-4-13(24(29)30)10-15(14)18(23)27/h4-5,10,12H,6-9,11H2,1-3H3,(H,21,25). The van der Waals surface area contributed by atoms with Gasteiger partial charge in [-0.2, -0.15) is 0 Å². The number of non-ortho nitro benzene ring substituents is 1. The molecule has 0 aliphatic carbocycles. The number of fused-ring (bicyclic) bond motifs is 1. The second-order valence-electron chi connectivity index (χ2n) is 8.57. The predicted molar refractivity (Wildman–Crippen MR) is 106 cm³/mol. The smallest absolute Gasteiger partial charge is 0.270 e. The van der Waals surface area contributed by atoms with Crippen LogP contribution >= 0.6 is 0 Å². The quantitative estimate of drug-likeness (QED) is 0.448. The van der Waals surface area contributed by atoms with Crippen molar-refractivity contribution in [1.29, 1.82) is 0 Å². The molecule has 1 aromatic rings. The maximum absolute atomic E-state index is 12.5. The van der Waals surface area contributed by atoms with Crippen molar-refractivity contribution in [1.82, 2.24) is 15.1 Å². The van der Waals surface area contributed by atoms with Crippen LogP contribution in [0.2, 0.25) is 0 Å². The lowest BCUT2D eigenvalue weighted by Crippen LogP contribution is -2.51. The molecule has 3 rings (SSSR count). The number of nitrogens with zero attached hydrogens (tertiary/aromatic N) is 3. The molecule has 0 radical (unpaired) electrons. The molecule has 1 saturated heterocycles. The third kappa shape index (κ3) is 4.17. The molecule has 0 saturated carbocycles. The highest BCUT2D eigenvalue weighted by molar-refractivity contribution is 6.22. The number of hydrogen-bond donors (Lipinski definition) is 1. The molecule has 1 N–H and O–H groups in total. The van der Waals surface area contributed by atoms with Crippen LogP contribution in [0.3, 0.4) is 0 Å². The van der Waals surface area contributed by atoms with Gasteiger partial charge in [-0.1, -0.05) is 20.8 Å². The third-order valence-electron chi connectivity index (χ3n) is 5.26. The molecule has 4 amide bonds. The molecule has 10 nitrogen and oxygen atoms in total. The van der Waals surface area contributed by atoms with Crippen molar-refractivity contribution in [2.24, 2.45) is 5.41 Å². The molecular formula is C20H24N4O6. The van der Waals surface area contributed by atoms with Gasteiger partial charge >= 0.3 is 0 Å². The lowest BCUT2D eigenvalue weighted by atomic mass is 9.93. The molecule has 1 aromatic carbocycles. The summed E-state index contributed by atoms with van der Waals surface area (Å²) in [5, 5.41) is 13.7. The number of hydrogen-bond acceptors (Lipinski definition) is 6. The van der Waals surface area contributed by atoms with E-state index in [4.69, 9.17) is 0 Å². The van der Waals surface area contributed by atoms with Crippen LogP contribution in [0.4, 0.5) is 5.69 Å². The van der Waals surface area contributed by atoms with Gasteiger partial charge in [0.15, 0.2) is 0 Å². The second kappa shape index (κ2) is 7.85. The Bertz CT molecular complexity index is 928. The van der Waals surface area contributed by atoms with Crippen LogP contribution in [-0.2, 0) is 9.59 Å². The topological polar surface area (TPSA) is 130 Å². The molecule has 30 heavy (non-hydrogen) atoms. The molecule has 2 aliphatic rings. The Morgan fingerprint density at radius 3 is 2.30 bits per heavy atom. The van der Waals surface area contributed by atoms with E-state index < -0.39 is 34.6 Å². The van der Waals surface area contributed by atoms with E-state index >= 15 is 0 Å². The van der Waals surface area contributed by atoms with E-state index in [0.29, 0.717) is 25.9 Å². The van der Waals surface area contributed by atoms with Crippen molar-refractivity contribution in [2.45, 2.75) is 39.7 Å². The first-order valence-electron chi connectivity index (χ1n) is 9.72. The molecule has 10 heteroatoms. The van der Waals surface area contributed by atoms with Gasteiger partial charge in [-0.3, -0.25) is 34.2 Å². The first-order valence-corrected chi connectivity index (χ1v) is 9.72. The molecule has 160 valence electrons. The minimum absolute atomic E-state index is 0.0485. The van der Waals surface area contributed by atoms with Crippen LogP contribution in [0, 0.1) is 15.5 Å². The largest absolute Gasteiger partial charge is 0.352 e. The molecule has 1 fully saturated rings. The summed E-state index contributed by atoms with van der Waals surface area (Å²) in [4.78, 5) is 62.5. The Labute approximate surface area is 173 Å². The van der Waals surface area contributed by atoms with Crippen molar-refractivity contribution < 1.29 is 24.1 Å². The van der Waals surface area contributed by atoms with Crippen LogP contribution in [0.25, 0.3) is 0 Å². The first kappa shape index (κ1) is 21.4. The van der Waals surface area contributed by atoms with Crippen molar-refractivity contribution in [3.05, 3.63) is 39.4 Å². The average Bonchev–Trinajstić information content (AvgIpc) is 2.91. The van der Waals surface area contributed by atoms with E-state index in [0.717, 1.165) is 17.0 Å². The summed E-state index contributed by atoms with van der Waals surface area (Å²) in [5.74, 6) is -1.79. The minimum Gasteiger partial charge on any atom is -0.352 e. The summed E-state index contributed by atoms with van der Waals surface area (Å²) in [6.07, 6.45) is 1.17. The zero-order chi connectivity index (χ0) is 22.2. The van der Waals surface area contributed by atoms with E-state index in [9.17, 15) is 29.3 Å². The van der Waals surface area contributed by atoms with Gasteiger partial charge < -0.3 is 10.2 Å². The summed E-state index contributed by atoms with van der Waals surface area (Å²) in [7, 11) is 0. The van der Waals surface area contributed by atoms with Crippen LogP contribution in [0.15, 0.2) is 18.2 Å². The second-order valence-corrected chi connectivity index (χ2v) is 8.57. The lowest BCUT2D eigenvalue weighted by molar-refractivity contribution is -0.384. The molecule has 0 spiro atoms. The first-order chi connectivity index (χ1) is 14.0. The number of carbonyl (C=O) groups is 4. The van der Waals surface area contributed by atoms with Crippen molar-refractivity contribution in [3.8, 4) is 0 Å². The highest BCUT2D eigenvalue weighted by Crippen LogP contribution is 2.26. The van der Waals surface area contributed by atoms with E-state index in [1.165, 1.54) is 6.07 Å². The number of nitro benzene ring substituents is 1. The van der Waals surface area contributed by atoms with E-state index in [1.54, 1.807) is 4.90 Å². The van der Waals surface area contributed by atoms with Crippen LogP contribution in [0.5, 0.6) is 0 Å². The fourth-order valence-corrected chi connectivity index (χ4v) is 3.65. The van der Waals surface area contributed by atoms with E-state index in [2.05, 4.69) is 5.32 Å². The number of nitrogens with one attached hydrogen (secondary N) is 1. The number of piperidine rings is 1. The fourth-order valence-electron chi connectivity index (χ4n) is 3.65. The van der Waals surface area contributed by atoms with Gasteiger partial charge in [0.2, 0.25) is 11.8 Å². The number of likely N-dealkylation sites (tertiary alicyclic amines) is 1. The zero-order valence-corrected chi connectivity index (χ0v) is 17.1. The van der Waals surface area contributed by atoms with Gasteiger partial charge in [-0.25, -0.2) is 0 Å². The predicted octanol–water partition coefficient (Wildman–Crippen LogP) is 1.34. The molecule has 0 atom stereocenters. The van der Waals surface area contributed by atoms with Crippen molar-refractivity contribution in [2.75, 3.05) is 19.6 Å². The van der Waals surface area contributed by atoms with Crippen LogP contribution in [0.1, 0.15) is 54.3 Å². The van der Waals surface area contributed by atoms with Gasteiger partial charge in [0.05, 0.1) is 16.1 Å². The Morgan fingerprint density at radius 2 is 1.73 bits per heavy atom. The van der Waals surface area contributed by atoms with Gasteiger partial charge in [0.25, 0.3) is 17.5 Å². The fraction of sp³-hybridized carbons (Fsp3) is 0.500. The van der Waals surface area contributed by atoms with Gasteiger partial charge in [0, 0.05) is 36.7 Å². The maximum Gasteiger partial charge on any atom is 0.270 e. The summed E-state index contributed by atoms with van der Waals surface area (Å²) < 4.78 is 0. The van der Waals surface area contributed by atoms with Gasteiger partial charge in [0.1, 0.15) is 6.54 Å². The Hall–Kier alpha value is -3.30. The SMILES string of the molecule is CC(C)(C)C(=O)N1CCC(NC(=O)CN2C(=O)c3ccc([N+](=O)[O-])cc3C2=O)CC1. The Morgan fingerprint density at radius 1 is 1.13 bits per heavy atom. The molecule has 2 heterocycles. The number of rotatable bonds is 4. The molecule has 0 unspecified atom stereocenters. The maximum atomic E-state index is 12.5. The normalized spacial score (nSPS) is 17.2. The summed E-state index contributed by atoms with van der Waals surface area (Å²) >= 11 is 0. The van der Waals surface area contributed by atoms with Crippen molar-refractivity contribution in [3.63, 3.8) is 0 Å².